The van der Waals surface area contributed by atoms with Gasteiger partial charge in [0.25, 0.3) is 0 Å². The topological polar surface area (TPSA) is 50.3 Å². The molecular formula is C21H22N4OS. The number of methoxy groups -OCH3 is 1. The van der Waals surface area contributed by atoms with Gasteiger partial charge in [0.05, 0.1) is 12.8 Å². The molecule has 3 aromatic rings. The Bertz CT molecular complexity index is 846. The number of thiocarbonyl (C=S) groups is 1. The van der Waals surface area contributed by atoms with Crippen molar-refractivity contribution < 1.29 is 4.74 Å². The maximum atomic E-state index is 5.72. The van der Waals surface area contributed by atoms with E-state index in [0.29, 0.717) is 18.2 Å². The lowest BCUT2D eigenvalue weighted by Gasteiger charge is -2.26. The third kappa shape index (κ3) is 5.24. The molecule has 0 saturated heterocycles. The molecule has 138 valence electrons. The second-order valence-electron chi connectivity index (χ2n) is 6.21. The van der Waals surface area contributed by atoms with Crippen LogP contribution in [0.3, 0.4) is 0 Å². The standard InChI is InChI=1S/C21H22N4OS/c1-16-5-6-19(20(12-16)26-2)24-21(27)25(14-17-7-10-22-11-8-17)15-18-4-3-9-23-13-18/h3-13H,14-15H2,1-2H3,(H,24,27). The fourth-order valence-electron chi connectivity index (χ4n) is 2.72. The van der Waals surface area contributed by atoms with Crippen LogP contribution in [0.15, 0.2) is 67.3 Å². The smallest absolute Gasteiger partial charge is 0.174 e. The minimum absolute atomic E-state index is 0.623. The number of nitrogens with one attached hydrogen (secondary N) is 1. The van der Waals surface area contributed by atoms with Crippen LogP contribution < -0.4 is 10.1 Å². The van der Waals surface area contributed by atoms with Gasteiger partial charge in [-0.2, -0.15) is 0 Å². The van der Waals surface area contributed by atoms with E-state index < -0.39 is 0 Å². The second-order valence-corrected chi connectivity index (χ2v) is 6.59. The van der Waals surface area contributed by atoms with E-state index in [-0.39, 0.29) is 0 Å². The van der Waals surface area contributed by atoms with Crippen LogP contribution in [0.2, 0.25) is 0 Å². The number of pyridine rings is 2. The Morgan fingerprint density at radius 3 is 2.52 bits per heavy atom. The molecule has 0 spiro atoms. The van der Waals surface area contributed by atoms with Gasteiger partial charge in [-0.05, 0) is 66.2 Å². The normalized spacial score (nSPS) is 10.3. The van der Waals surface area contributed by atoms with Crippen LogP contribution in [-0.4, -0.2) is 27.1 Å². The molecule has 1 N–H and O–H groups in total. The summed E-state index contributed by atoms with van der Waals surface area (Å²) in [7, 11) is 1.66. The highest BCUT2D eigenvalue weighted by atomic mass is 32.1. The van der Waals surface area contributed by atoms with Gasteiger partial charge in [-0.1, -0.05) is 12.1 Å². The SMILES string of the molecule is COc1cc(C)ccc1NC(=S)N(Cc1ccncc1)Cc1cccnc1. The summed E-state index contributed by atoms with van der Waals surface area (Å²) in [4.78, 5) is 10.4. The fourth-order valence-corrected chi connectivity index (χ4v) is 2.96. The predicted molar refractivity (Wildman–Crippen MR) is 112 cm³/mol. The summed E-state index contributed by atoms with van der Waals surface area (Å²) in [5.74, 6) is 0.766. The van der Waals surface area contributed by atoms with E-state index in [4.69, 9.17) is 17.0 Å². The molecule has 2 heterocycles. The average molecular weight is 379 g/mol. The van der Waals surface area contributed by atoms with Crippen LogP contribution in [-0.2, 0) is 13.1 Å². The lowest BCUT2D eigenvalue weighted by Crippen LogP contribution is -2.34. The van der Waals surface area contributed by atoms with Gasteiger partial charge < -0.3 is 15.0 Å². The Hall–Kier alpha value is -2.99. The number of hydrogen-bond acceptors (Lipinski definition) is 4. The van der Waals surface area contributed by atoms with Crippen LogP contribution in [0.1, 0.15) is 16.7 Å². The Kier molecular flexibility index (Phi) is 6.33. The maximum absolute atomic E-state index is 5.72. The Labute approximate surface area is 165 Å². The van der Waals surface area contributed by atoms with Crippen molar-refractivity contribution in [1.29, 1.82) is 0 Å². The molecule has 0 amide bonds. The zero-order valence-corrected chi connectivity index (χ0v) is 16.2. The highest BCUT2D eigenvalue weighted by Gasteiger charge is 2.14. The predicted octanol–water partition coefficient (Wildman–Crippen LogP) is 4.19. The molecular weight excluding hydrogens is 356 g/mol. The first-order valence-electron chi connectivity index (χ1n) is 8.64. The number of anilines is 1. The minimum Gasteiger partial charge on any atom is -0.495 e. The molecule has 0 unspecified atom stereocenters. The van der Waals surface area contributed by atoms with E-state index in [9.17, 15) is 0 Å². The highest BCUT2D eigenvalue weighted by Crippen LogP contribution is 2.26. The summed E-state index contributed by atoms with van der Waals surface area (Å²) in [6.07, 6.45) is 7.20. The third-order valence-electron chi connectivity index (χ3n) is 4.10. The van der Waals surface area contributed by atoms with E-state index in [1.165, 1.54) is 0 Å². The van der Waals surface area contributed by atoms with Crippen LogP contribution in [0.25, 0.3) is 0 Å². The minimum atomic E-state index is 0.623. The van der Waals surface area contributed by atoms with Crippen LogP contribution in [0.4, 0.5) is 5.69 Å². The molecule has 27 heavy (non-hydrogen) atoms. The molecule has 0 saturated carbocycles. The zero-order chi connectivity index (χ0) is 19.1. The molecule has 0 atom stereocenters. The Morgan fingerprint density at radius 1 is 1.04 bits per heavy atom. The van der Waals surface area contributed by atoms with Gasteiger partial charge in [0, 0.05) is 37.9 Å². The molecule has 6 heteroatoms. The van der Waals surface area contributed by atoms with Gasteiger partial charge in [-0.25, -0.2) is 0 Å². The lowest BCUT2D eigenvalue weighted by molar-refractivity contribution is 0.408. The van der Waals surface area contributed by atoms with Crippen molar-refractivity contribution in [2.45, 2.75) is 20.0 Å². The number of hydrogen-bond donors (Lipinski definition) is 1. The summed E-state index contributed by atoms with van der Waals surface area (Å²) in [6, 6.07) is 14.0. The molecule has 0 bridgehead atoms. The molecule has 0 aliphatic carbocycles. The van der Waals surface area contributed by atoms with Gasteiger partial charge in [0.2, 0.25) is 0 Å². The summed E-state index contributed by atoms with van der Waals surface area (Å²) in [5, 5.41) is 3.95. The molecule has 0 radical (unpaired) electrons. The van der Waals surface area contributed by atoms with Crippen molar-refractivity contribution in [2.24, 2.45) is 0 Å². The summed E-state index contributed by atoms with van der Waals surface area (Å²) in [6.45, 7) is 3.34. The first-order chi connectivity index (χ1) is 13.2. The third-order valence-corrected chi connectivity index (χ3v) is 4.47. The van der Waals surface area contributed by atoms with Crippen molar-refractivity contribution in [3.05, 3.63) is 83.9 Å². The first-order valence-corrected chi connectivity index (χ1v) is 9.05. The maximum Gasteiger partial charge on any atom is 0.174 e. The van der Waals surface area contributed by atoms with Gasteiger partial charge in [0.15, 0.2) is 5.11 Å². The number of nitrogens with zero attached hydrogens (tertiary/aromatic N) is 3. The largest absolute Gasteiger partial charge is 0.495 e. The molecule has 3 rings (SSSR count). The summed E-state index contributed by atoms with van der Waals surface area (Å²) in [5.41, 5.74) is 4.20. The first kappa shape index (κ1) is 18.8. The number of aryl methyl sites for hydroxylation is 1. The quantitative estimate of drug-likeness (QED) is 0.649. The van der Waals surface area contributed by atoms with Crippen LogP contribution >= 0.6 is 12.2 Å². The van der Waals surface area contributed by atoms with Crippen molar-refractivity contribution in [3.8, 4) is 5.75 Å². The highest BCUT2D eigenvalue weighted by molar-refractivity contribution is 7.80. The molecule has 0 aliphatic heterocycles. The fraction of sp³-hybridized carbons (Fsp3) is 0.190. The van der Waals surface area contributed by atoms with E-state index >= 15 is 0 Å². The van der Waals surface area contributed by atoms with Crippen molar-refractivity contribution in [3.63, 3.8) is 0 Å². The van der Waals surface area contributed by atoms with Gasteiger partial charge in [-0.3, -0.25) is 9.97 Å². The Balaban J connectivity index is 1.81. The van der Waals surface area contributed by atoms with Crippen molar-refractivity contribution in [1.82, 2.24) is 14.9 Å². The molecule has 0 fully saturated rings. The second kappa shape index (κ2) is 9.09. The van der Waals surface area contributed by atoms with Gasteiger partial charge >= 0.3 is 0 Å². The monoisotopic (exact) mass is 378 g/mol. The number of rotatable bonds is 6. The van der Waals surface area contributed by atoms with Crippen molar-refractivity contribution >= 4 is 23.0 Å². The molecule has 2 aromatic heterocycles. The Morgan fingerprint density at radius 2 is 1.81 bits per heavy atom. The van der Waals surface area contributed by atoms with E-state index in [2.05, 4.69) is 20.2 Å². The van der Waals surface area contributed by atoms with Gasteiger partial charge in [-0.15, -0.1) is 0 Å². The van der Waals surface area contributed by atoms with E-state index in [1.54, 1.807) is 25.7 Å². The molecule has 5 nitrogen and oxygen atoms in total. The summed E-state index contributed by atoms with van der Waals surface area (Å²) < 4.78 is 5.48. The number of benzene rings is 1. The van der Waals surface area contributed by atoms with E-state index in [0.717, 1.165) is 28.1 Å². The van der Waals surface area contributed by atoms with Crippen LogP contribution in [0, 0.1) is 6.92 Å². The van der Waals surface area contributed by atoms with Crippen molar-refractivity contribution in [2.75, 3.05) is 12.4 Å². The number of aromatic nitrogens is 2. The number of ether oxygens (including phenoxy) is 1. The average Bonchev–Trinajstić information content (AvgIpc) is 2.70. The zero-order valence-electron chi connectivity index (χ0n) is 15.4. The lowest BCUT2D eigenvalue weighted by atomic mass is 10.2. The molecule has 0 aliphatic rings. The van der Waals surface area contributed by atoms with E-state index in [1.807, 2.05) is 55.6 Å². The molecule has 1 aromatic carbocycles. The van der Waals surface area contributed by atoms with Crippen LogP contribution in [0.5, 0.6) is 5.75 Å². The summed E-state index contributed by atoms with van der Waals surface area (Å²) >= 11 is 5.72. The van der Waals surface area contributed by atoms with Gasteiger partial charge in [0.1, 0.15) is 5.75 Å².